The molecule has 0 aromatic carbocycles. The zero-order chi connectivity index (χ0) is 26.5. The van der Waals surface area contributed by atoms with Crippen molar-refractivity contribution < 1.29 is 19.7 Å². The zero-order valence-electron chi connectivity index (χ0n) is 24.2. The van der Waals surface area contributed by atoms with E-state index in [1.165, 1.54) is 18.4 Å². The van der Waals surface area contributed by atoms with Crippen LogP contribution in [-0.2, 0) is 9.53 Å². The molecule has 5 aliphatic rings. The number of aliphatic hydroxyl groups is 2. The third-order valence-electron chi connectivity index (χ3n) is 13.5. The molecule has 0 saturated heterocycles. The molecule has 0 aromatic heterocycles. The minimum absolute atomic E-state index is 0.0448. The van der Waals surface area contributed by atoms with E-state index in [-0.39, 0.29) is 45.1 Å². The molecule has 0 bridgehead atoms. The van der Waals surface area contributed by atoms with Crippen molar-refractivity contribution in [3.8, 4) is 0 Å². The van der Waals surface area contributed by atoms with Crippen molar-refractivity contribution in [1.29, 1.82) is 0 Å². The second-order valence-corrected chi connectivity index (χ2v) is 15.5. The number of esters is 1. The van der Waals surface area contributed by atoms with Crippen LogP contribution in [0.15, 0.2) is 11.6 Å². The van der Waals surface area contributed by atoms with Gasteiger partial charge in [-0.25, -0.2) is 0 Å². The van der Waals surface area contributed by atoms with E-state index in [0.29, 0.717) is 24.9 Å². The molecule has 4 fully saturated rings. The van der Waals surface area contributed by atoms with Gasteiger partial charge in [-0.3, -0.25) is 4.79 Å². The van der Waals surface area contributed by atoms with Gasteiger partial charge in [0.25, 0.3) is 0 Å². The fraction of sp³-hybridized carbons (Fsp3) is 0.906. The number of fused-ring (bicyclic) bond motifs is 7. The molecule has 0 radical (unpaired) electrons. The van der Waals surface area contributed by atoms with Gasteiger partial charge in [-0.15, -0.1) is 0 Å². The summed E-state index contributed by atoms with van der Waals surface area (Å²) in [5, 5.41) is 22.1. The van der Waals surface area contributed by atoms with E-state index in [1.54, 1.807) is 0 Å². The van der Waals surface area contributed by atoms with Crippen molar-refractivity contribution in [2.24, 2.45) is 50.2 Å². The Hall–Kier alpha value is -0.870. The summed E-state index contributed by atoms with van der Waals surface area (Å²) in [6.07, 6.45) is 10.5. The van der Waals surface area contributed by atoms with Gasteiger partial charge in [0.05, 0.1) is 24.2 Å². The Balaban J connectivity index is 1.60. The number of carbonyl (C=O) groups is 1. The first-order valence-electron chi connectivity index (χ1n) is 14.8. The summed E-state index contributed by atoms with van der Waals surface area (Å²) < 4.78 is 5.72. The molecule has 2 N–H and O–H groups in total. The number of aliphatic hydroxyl groups excluding tert-OH is 2. The van der Waals surface area contributed by atoms with Gasteiger partial charge in [0.1, 0.15) is 0 Å². The Morgan fingerprint density at radius 2 is 1.61 bits per heavy atom. The van der Waals surface area contributed by atoms with Crippen molar-refractivity contribution in [2.75, 3.05) is 6.61 Å². The molecule has 0 amide bonds. The van der Waals surface area contributed by atoms with E-state index < -0.39 is 11.5 Å². The van der Waals surface area contributed by atoms with Gasteiger partial charge in [0.2, 0.25) is 0 Å². The molecule has 0 heterocycles. The molecule has 0 unspecified atom stereocenters. The van der Waals surface area contributed by atoms with Gasteiger partial charge in [-0.1, -0.05) is 60.1 Å². The fourth-order valence-corrected chi connectivity index (χ4v) is 10.9. The molecule has 0 spiro atoms. The van der Waals surface area contributed by atoms with Crippen LogP contribution in [0.1, 0.15) is 113 Å². The summed E-state index contributed by atoms with van der Waals surface area (Å²) in [6, 6.07) is 0. The molecule has 9 atom stereocenters. The fourth-order valence-electron chi connectivity index (χ4n) is 10.9. The molecule has 4 heteroatoms. The molecule has 36 heavy (non-hydrogen) atoms. The minimum atomic E-state index is -0.600. The molecule has 5 aliphatic carbocycles. The molecule has 0 aromatic rings. The largest absolute Gasteiger partial charge is 0.466 e. The molecule has 4 nitrogen and oxygen atoms in total. The number of allylic oxidation sites excluding steroid dienone is 2. The van der Waals surface area contributed by atoms with Gasteiger partial charge >= 0.3 is 5.97 Å². The smallest absolute Gasteiger partial charge is 0.312 e. The number of hydrogen-bond donors (Lipinski definition) is 2. The van der Waals surface area contributed by atoms with Gasteiger partial charge in [-0.2, -0.15) is 0 Å². The topological polar surface area (TPSA) is 66.8 Å². The second-order valence-electron chi connectivity index (χ2n) is 15.5. The summed E-state index contributed by atoms with van der Waals surface area (Å²) in [5.74, 6) is 1.18. The first kappa shape index (κ1) is 26.7. The monoisotopic (exact) mass is 500 g/mol. The highest BCUT2D eigenvalue weighted by Crippen LogP contribution is 2.75. The Kier molecular flexibility index (Phi) is 5.99. The van der Waals surface area contributed by atoms with E-state index >= 15 is 0 Å². The van der Waals surface area contributed by atoms with Crippen LogP contribution < -0.4 is 0 Å². The summed E-state index contributed by atoms with van der Waals surface area (Å²) in [6.45, 7) is 18.9. The zero-order valence-corrected chi connectivity index (χ0v) is 24.2. The average Bonchev–Trinajstić information content (AvgIpc) is 2.78. The summed E-state index contributed by atoms with van der Waals surface area (Å²) in [5.41, 5.74) is 1.07. The predicted molar refractivity (Wildman–Crippen MR) is 143 cm³/mol. The predicted octanol–water partition coefficient (Wildman–Crippen LogP) is 6.68. The first-order chi connectivity index (χ1) is 16.6. The number of hydrogen-bond acceptors (Lipinski definition) is 4. The van der Waals surface area contributed by atoms with Crippen molar-refractivity contribution in [2.45, 2.75) is 125 Å². The number of rotatable bonds is 2. The minimum Gasteiger partial charge on any atom is -0.466 e. The molecular formula is C32H52O4. The highest BCUT2D eigenvalue weighted by Gasteiger charge is 2.70. The number of ether oxygens (including phenoxy) is 1. The quantitative estimate of drug-likeness (QED) is 0.328. The van der Waals surface area contributed by atoms with Crippen LogP contribution in [0.4, 0.5) is 0 Å². The van der Waals surface area contributed by atoms with E-state index in [1.807, 2.05) is 6.92 Å². The van der Waals surface area contributed by atoms with Crippen LogP contribution in [0.2, 0.25) is 0 Å². The van der Waals surface area contributed by atoms with Gasteiger partial charge in [-0.05, 0) is 110 Å². The van der Waals surface area contributed by atoms with E-state index in [2.05, 4.69) is 54.5 Å². The van der Waals surface area contributed by atoms with E-state index in [4.69, 9.17) is 4.74 Å². The Labute approximate surface area is 219 Å². The maximum absolute atomic E-state index is 13.6. The Bertz CT molecular complexity index is 950. The average molecular weight is 501 g/mol. The van der Waals surface area contributed by atoms with Gasteiger partial charge in [0, 0.05) is 0 Å². The van der Waals surface area contributed by atoms with E-state index in [9.17, 15) is 15.0 Å². The first-order valence-corrected chi connectivity index (χ1v) is 14.8. The second kappa shape index (κ2) is 8.07. The van der Waals surface area contributed by atoms with Crippen molar-refractivity contribution in [3.63, 3.8) is 0 Å². The maximum Gasteiger partial charge on any atom is 0.312 e. The molecule has 0 aliphatic heterocycles. The molecule has 5 rings (SSSR count). The molecule has 204 valence electrons. The summed E-state index contributed by atoms with van der Waals surface area (Å²) in [7, 11) is 0. The third-order valence-corrected chi connectivity index (χ3v) is 13.5. The third kappa shape index (κ3) is 3.22. The van der Waals surface area contributed by atoms with Gasteiger partial charge < -0.3 is 14.9 Å². The SMILES string of the molecule is CCOC(=O)[C@@]12CC[C@]3(C)C(=CC[C@H]4[C@@]5(C)CC[C@H](O)C(C)(C)[C@H]5CC[C@]43C)[C@@H]1CC(C)(C)[C@@H](O)C2. The van der Waals surface area contributed by atoms with Crippen LogP contribution in [0.5, 0.6) is 0 Å². The van der Waals surface area contributed by atoms with Crippen molar-refractivity contribution in [1.82, 2.24) is 0 Å². The Morgan fingerprint density at radius 1 is 0.917 bits per heavy atom. The van der Waals surface area contributed by atoms with Gasteiger partial charge in [0.15, 0.2) is 0 Å². The highest BCUT2D eigenvalue weighted by molar-refractivity contribution is 5.79. The lowest BCUT2D eigenvalue weighted by atomic mass is 9.33. The van der Waals surface area contributed by atoms with Crippen LogP contribution in [0.25, 0.3) is 0 Å². The lowest BCUT2D eigenvalue weighted by molar-refractivity contribution is -0.210. The normalized spacial score (nSPS) is 51.1. The summed E-state index contributed by atoms with van der Waals surface area (Å²) >= 11 is 0. The highest BCUT2D eigenvalue weighted by atomic mass is 16.5. The number of carbonyl (C=O) groups excluding carboxylic acids is 1. The lowest BCUT2D eigenvalue weighted by Crippen LogP contribution is -2.65. The maximum atomic E-state index is 13.6. The summed E-state index contributed by atoms with van der Waals surface area (Å²) in [4.78, 5) is 13.6. The van der Waals surface area contributed by atoms with Crippen molar-refractivity contribution >= 4 is 5.97 Å². The van der Waals surface area contributed by atoms with Crippen LogP contribution in [0, 0.1) is 50.2 Å². The van der Waals surface area contributed by atoms with E-state index in [0.717, 1.165) is 38.5 Å². The van der Waals surface area contributed by atoms with Crippen molar-refractivity contribution in [3.05, 3.63) is 11.6 Å². The standard InChI is InChI=1S/C32H52O4/c1-9-36-26(35)32-17-16-30(7)20(21(32)18-27(2,3)25(34)19-32)10-11-23-29(6)14-13-24(33)28(4,5)22(29)12-15-31(23,30)8/h10,21-25,33-34H,9,11-19H2,1-8H3/t21-,22+,23-,24-,25-,29-,30+,31+,32+/m0/s1. The lowest BCUT2D eigenvalue weighted by Gasteiger charge is -2.71. The molecular weight excluding hydrogens is 448 g/mol. The Morgan fingerprint density at radius 3 is 2.28 bits per heavy atom. The van der Waals surface area contributed by atoms with Crippen LogP contribution in [-0.4, -0.2) is 35.0 Å². The van der Waals surface area contributed by atoms with Crippen LogP contribution in [0.3, 0.4) is 0 Å². The van der Waals surface area contributed by atoms with Crippen LogP contribution >= 0.6 is 0 Å². The molecule has 4 saturated carbocycles.